The maximum absolute atomic E-state index is 12.6. The number of unbranched alkanes of at least 4 members (excludes halogenated alkanes) is 2. The minimum Gasteiger partial charge on any atom is -0.371 e. The van der Waals surface area contributed by atoms with E-state index < -0.39 is 0 Å². The summed E-state index contributed by atoms with van der Waals surface area (Å²) in [6, 6.07) is 7.53. The summed E-state index contributed by atoms with van der Waals surface area (Å²) >= 11 is 0. The van der Waals surface area contributed by atoms with Crippen LogP contribution in [0.25, 0.3) is 0 Å². The number of benzene rings is 1. The van der Waals surface area contributed by atoms with E-state index in [9.17, 15) is 9.59 Å². The molecule has 6 nitrogen and oxygen atoms in total. The van der Waals surface area contributed by atoms with Crippen LogP contribution in [0.2, 0.25) is 0 Å². The molecule has 2 amide bonds. The standard InChI is InChI=1S/C22H30N2O4/c1-2-3-4-5-14-6-8-15(9-7-14)21(25)23-17-12-27-20-18(13-28-19(17)20)24-22(26)16-10-11-16/h6-9,16-20H,2-5,10-13H2,1H3,(H,23,25)(H,24,26). The van der Waals surface area contributed by atoms with Gasteiger partial charge in [0, 0.05) is 11.5 Å². The van der Waals surface area contributed by atoms with Gasteiger partial charge in [-0.2, -0.15) is 0 Å². The van der Waals surface area contributed by atoms with Crippen molar-refractivity contribution in [1.29, 1.82) is 0 Å². The van der Waals surface area contributed by atoms with Crippen LogP contribution in [0.3, 0.4) is 0 Å². The lowest BCUT2D eigenvalue weighted by molar-refractivity contribution is -0.123. The van der Waals surface area contributed by atoms with Gasteiger partial charge in [0.25, 0.3) is 5.91 Å². The quantitative estimate of drug-likeness (QED) is 0.672. The zero-order valence-electron chi connectivity index (χ0n) is 16.5. The molecule has 1 aromatic carbocycles. The second-order valence-electron chi connectivity index (χ2n) is 8.22. The molecule has 3 aliphatic rings. The van der Waals surface area contributed by atoms with Crippen molar-refractivity contribution in [3.8, 4) is 0 Å². The summed E-state index contributed by atoms with van der Waals surface area (Å²) in [5, 5.41) is 6.09. The van der Waals surface area contributed by atoms with Crippen molar-refractivity contribution in [2.75, 3.05) is 13.2 Å². The number of aryl methyl sites for hydroxylation is 1. The molecular formula is C22H30N2O4. The third-order valence-corrected chi connectivity index (χ3v) is 5.93. The molecule has 28 heavy (non-hydrogen) atoms. The van der Waals surface area contributed by atoms with E-state index in [-0.39, 0.29) is 42.0 Å². The van der Waals surface area contributed by atoms with Crippen molar-refractivity contribution in [2.24, 2.45) is 5.92 Å². The number of fused-ring (bicyclic) bond motifs is 1. The van der Waals surface area contributed by atoms with Gasteiger partial charge in [0.15, 0.2) is 0 Å². The molecule has 0 spiro atoms. The van der Waals surface area contributed by atoms with Gasteiger partial charge in [0.1, 0.15) is 12.2 Å². The predicted molar refractivity (Wildman–Crippen MR) is 105 cm³/mol. The van der Waals surface area contributed by atoms with Crippen LogP contribution >= 0.6 is 0 Å². The summed E-state index contributed by atoms with van der Waals surface area (Å²) in [7, 11) is 0. The average molecular weight is 386 g/mol. The number of hydrogen-bond donors (Lipinski definition) is 2. The molecule has 0 bridgehead atoms. The third kappa shape index (κ3) is 4.39. The maximum atomic E-state index is 12.6. The summed E-state index contributed by atoms with van der Waals surface area (Å²) in [6.45, 7) is 3.04. The first-order chi connectivity index (χ1) is 13.7. The van der Waals surface area contributed by atoms with E-state index in [4.69, 9.17) is 9.47 Å². The Kier molecular flexibility index (Phi) is 5.97. The van der Waals surface area contributed by atoms with Gasteiger partial charge in [-0.1, -0.05) is 31.9 Å². The van der Waals surface area contributed by atoms with E-state index in [2.05, 4.69) is 17.6 Å². The molecular weight excluding hydrogens is 356 g/mol. The monoisotopic (exact) mass is 386 g/mol. The molecule has 2 N–H and O–H groups in total. The average Bonchev–Trinajstić information content (AvgIpc) is 3.38. The van der Waals surface area contributed by atoms with Crippen molar-refractivity contribution in [3.05, 3.63) is 35.4 Å². The fourth-order valence-electron chi connectivity index (χ4n) is 4.05. The normalized spacial score (nSPS) is 28.8. The number of hydrogen-bond acceptors (Lipinski definition) is 4. The zero-order valence-corrected chi connectivity index (χ0v) is 16.5. The highest BCUT2D eigenvalue weighted by Gasteiger charge is 2.49. The molecule has 4 rings (SSSR count). The Morgan fingerprint density at radius 3 is 2.21 bits per heavy atom. The Morgan fingerprint density at radius 1 is 0.964 bits per heavy atom. The van der Waals surface area contributed by atoms with Gasteiger partial charge in [0.05, 0.1) is 25.3 Å². The highest BCUT2D eigenvalue weighted by molar-refractivity contribution is 5.94. The number of carbonyl (C=O) groups is 2. The third-order valence-electron chi connectivity index (χ3n) is 5.93. The second kappa shape index (κ2) is 8.62. The fraction of sp³-hybridized carbons (Fsp3) is 0.636. The largest absolute Gasteiger partial charge is 0.371 e. The number of amides is 2. The molecule has 0 radical (unpaired) electrons. The van der Waals surface area contributed by atoms with Crippen LogP contribution in [0.4, 0.5) is 0 Å². The van der Waals surface area contributed by atoms with Crippen LogP contribution < -0.4 is 10.6 Å². The lowest BCUT2D eigenvalue weighted by Gasteiger charge is -2.18. The fourth-order valence-corrected chi connectivity index (χ4v) is 4.05. The van der Waals surface area contributed by atoms with Crippen LogP contribution in [0.1, 0.15) is 54.9 Å². The van der Waals surface area contributed by atoms with Crippen LogP contribution in [-0.4, -0.2) is 49.3 Å². The lowest BCUT2D eigenvalue weighted by Crippen LogP contribution is -2.47. The van der Waals surface area contributed by atoms with Gasteiger partial charge >= 0.3 is 0 Å². The van der Waals surface area contributed by atoms with Crippen molar-refractivity contribution in [1.82, 2.24) is 10.6 Å². The molecule has 4 unspecified atom stereocenters. The minimum absolute atomic E-state index is 0.101. The van der Waals surface area contributed by atoms with Gasteiger partial charge in [-0.3, -0.25) is 9.59 Å². The number of nitrogens with one attached hydrogen (secondary N) is 2. The maximum Gasteiger partial charge on any atom is 0.251 e. The van der Waals surface area contributed by atoms with Gasteiger partial charge < -0.3 is 20.1 Å². The molecule has 6 heteroatoms. The summed E-state index contributed by atoms with van der Waals surface area (Å²) in [6.07, 6.45) is 6.23. The van der Waals surface area contributed by atoms with E-state index in [0.717, 1.165) is 19.3 Å². The van der Waals surface area contributed by atoms with Crippen LogP contribution in [0, 0.1) is 5.92 Å². The van der Waals surface area contributed by atoms with Crippen LogP contribution in [0.15, 0.2) is 24.3 Å². The van der Waals surface area contributed by atoms with Crippen molar-refractivity contribution in [2.45, 2.75) is 69.7 Å². The summed E-state index contributed by atoms with van der Waals surface area (Å²) in [5.74, 6) is 0.161. The molecule has 2 aliphatic heterocycles. The van der Waals surface area contributed by atoms with Crippen LogP contribution in [-0.2, 0) is 20.7 Å². The lowest BCUT2D eigenvalue weighted by atomic mass is 10.0. The first-order valence-electron chi connectivity index (χ1n) is 10.6. The SMILES string of the molecule is CCCCCc1ccc(C(=O)NC2COC3C(NC(=O)C4CC4)COC23)cc1. The Balaban J connectivity index is 1.28. The smallest absolute Gasteiger partial charge is 0.251 e. The summed E-state index contributed by atoms with van der Waals surface area (Å²) in [4.78, 5) is 24.6. The Bertz CT molecular complexity index is 701. The Morgan fingerprint density at radius 2 is 1.61 bits per heavy atom. The summed E-state index contributed by atoms with van der Waals surface area (Å²) < 4.78 is 11.7. The molecule has 3 fully saturated rings. The van der Waals surface area contributed by atoms with Crippen molar-refractivity contribution >= 4 is 11.8 Å². The first kappa shape index (κ1) is 19.4. The Labute approximate surface area is 166 Å². The van der Waals surface area contributed by atoms with Crippen molar-refractivity contribution in [3.63, 3.8) is 0 Å². The number of carbonyl (C=O) groups excluding carboxylic acids is 2. The van der Waals surface area contributed by atoms with Crippen LogP contribution in [0.5, 0.6) is 0 Å². The highest BCUT2D eigenvalue weighted by Crippen LogP contribution is 2.31. The van der Waals surface area contributed by atoms with E-state index in [1.807, 2.05) is 24.3 Å². The molecule has 2 saturated heterocycles. The van der Waals surface area contributed by atoms with Gasteiger partial charge in [-0.15, -0.1) is 0 Å². The minimum atomic E-state index is -0.207. The number of rotatable bonds is 8. The predicted octanol–water partition coefficient (Wildman–Crippen LogP) is 2.21. The molecule has 4 atom stereocenters. The molecule has 152 valence electrons. The first-order valence-corrected chi connectivity index (χ1v) is 10.6. The van der Waals surface area contributed by atoms with E-state index in [1.54, 1.807) is 0 Å². The molecule has 1 aliphatic carbocycles. The van der Waals surface area contributed by atoms with Gasteiger partial charge in [-0.25, -0.2) is 0 Å². The Hall–Kier alpha value is -1.92. The van der Waals surface area contributed by atoms with Crippen molar-refractivity contribution < 1.29 is 19.1 Å². The molecule has 0 aromatic heterocycles. The zero-order chi connectivity index (χ0) is 19.5. The van der Waals surface area contributed by atoms with E-state index >= 15 is 0 Å². The molecule has 1 aromatic rings. The van der Waals surface area contributed by atoms with Gasteiger partial charge in [0.2, 0.25) is 5.91 Å². The van der Waals surface area contributed by atoms with E-state index in [1.165, 1.54) is 24.8 Å². The highest BCUT2D eigenvalue weighted by atomic mass is 16.6. The molecule has 2 heterocycles. The summed E-state index contributed by atoms with van der Waals surface area (Å²) in [5.41, 5.74) is 1.92. The molecule has 1 saturated carbocycles. The number of ether oxygens (including phenoxy) is 2. The van der Waals surface area contributed by atoms with E-state index in [0.29, 0.717) is 18.8 Å². The second-order valence-corrected chi connectivity index (χ2v) is 8.22. The topological polar surface area (TPSA) is 76.7 Å². The van der Waals surface area contributed by atoms with Gasteiger partial charge in [-0.05, 0) is 43.4 Å².